The number of hydrogen-bond donors (Lipinski definition) is 1. The highest BCUT2D eigenvalue weighted by molar-refractivity contribution is 5.29. The average molecular weight is 289 g/mol. The Morgan fingerprint density at radius 1 is 1.05 bits per heavy atom. The Labute approximate surface area is 104 Å². The molecule has 0 spiro atoms. The average Bonchev–Trinajstić information content (AvgIpc) is 2.24. The van der Waals surface area contributed by atoms with E-state index in [4.69, 9.17) is 5.73 Å². The van der Waals surface area contributed by atoms with Crippen molar-refractivity contribution in [1.29, 1.82) is 0 Å². The van der Waals surface area contributed by atoms with Crippen LogP contribution < -0.4 is 5.73 Å². The van der Waals surface area contributed by atoms with Crippen LogP contribution in [-0.4, -0.2) is 6.18 Å². The Hall–Kier alpha value is -1.31. The van der Waals surface area contributed by atoms with Crippen molar-refractivity contribution in [3.63, 3.8) is 0 Å². The lowest BCUT2D eigenvalue weighted by molar-refractivity contribution is -0.140. The van der Waals surface area contributed by atoms with Crippen LogP contribution in [0.4, 0.5) is 30.7 Å². The Morgan fingerprint density at radius 3 is 2.11 bits per heavy atom. The van der Waals surface area contributed by atoms with Crippen LogP contribution in [0.1, 0.15) is 30.0 Å². The normalized spacial score (nSPS) is 14.5. The van der Waals surface area contributed by atoms with Crippen molar-refractivity contribution in [3.8, 4) is 0 Å². The first-order chi connectivity index (χ1) is 8.50. The van der Waals surface area contributed by atoms with Crippen LogP contribution in [0.25, 0.3) is 0 Å². The lowest BCUT2D eigenvalue weighted by atomic mass is 10.00. The molecule has 0 heterocycles. The summed E-state index contributed by atoms with van der Waals surface area (Å²) < 4.78 is 86.1. The highest BCUT2D eigenvalue weighted by Crippen LogP contribution is 2.34. The minimum atomic E-state index is -4.91. The number of benzene rings is 1. The molecule has 0 saturated carbocycles. The molecule has 1 aromatic rings. The SMILES string of the molecule is NC(CCC(F)(F)F)c1ccc(F)c(C(F)(F)F)c1. The zero-order valence-corrected chi connectivity index (χ0v) is 9.45. The summed E-state index contributed by atoms with van der Waals surface area (Å²) in [4.78, 5) is 0. The largest absolute Gasteiger partial charge is 0.419 e. The van der Waals surface area contributed by atoms with Gasteiger partial charge in [-0.15, -0.1) is 0 Å². The van der Waals surface area contributed by atoms with E-state index in [1.165, 1.54) is 0 Å². The predicted octanol–water partition coefficient (Wildman–Crippen LogP) is 4.19. The summed E-state index contributed by atoms with van der Waals surface area (Å²) in [5.74, 6) is -1.49. The molecule has 1 nitrogen and oxygen atoms in total. The zero-order chi connectivity index (χ0) is 14.8. The molecule has 0 saturated heterocycles. The number of alkyl halides is 6. The van der Waals surface area contributed by atoms with E-state index in [0.717, 1.165) is 6.07 Å². The van der Waals surface area contributed by atoms with Crippen LogP contribution in [0, 0.1) is 5.82 Å². The molecular weight excluding hydrogens is 279 g/mol. The Kier molecular flexibility index (Phi) is 4.44. The van der Waals surface area contributed by atoms with E-state index in [1.807, 2.05) is 0 Å². The van der Waals surface area contributed by atoms with Gasteiger partial charge in [-0.2, -0.15) is 26.3 Å². The molecule has 0 radical (unpaired) electrons. The minimum Gasteiger partial charge on any atom is -0.324 e. The lowest BCUT2D eigenvalue weighted by Crippen LogP contribution is -2.17. The predicted molar refractivity (Wildman–Crippen MR) is 53.6 cm³/mol. The number of hydrogen-bond acceptors (Lipinski definition) is 1. The van der Waals surface area contributed by atoms with Gasteiger partial charge in [-0.3, -0.25) is 0 Å². The van der Waals surface area contributed by atoms with E-state index in [9.17, 15) is 30.7 Å². The first kappa shape index (κ1) is 15.7. The first-order valence-corrected chi connectivity index (χ1v) is 5.19. The molecule has 0 fully saturated rings. The van der Waals surface area contributed by atoms with E-state index in [2.05, 4.69) is 0 Å². The lowest BCUT2D eigenvalue weighted by Gasteiger charge is -2.16. The third-order valence-electron chi connectivity index (χ3n) is 2.46. The number of nitrogens with two attached hydrogens (primary N) is 1. The van der Waals surface area contributed by atoms with Crippen molar-refractivity contribution in [2.24, 2.45) is 5.73 Å². The van der Waals surface area contributed by atoms with Gasteiger partial charge in [0.2, 0.25) is 0 Å². The molecule has 0 aromatic heterocycles. The van der Waals surface area contributed by atoms with Gasteiger partial charge < -0.3 is 5.73 Å². The smallest absolute Gasteiger partial charge is 0.324 e. The molecule has 19 heavy (non-hydrogen) atoms. The van der Waals surface area contributed by atoms with Gasteiger partial charge in [-0.1, -0.05) is 6.07 Å². The van der Waals surface area contributed by atoms with Gasteiger partial charge >= 0.3 is 12.4 Å². The first-order valence-electron chi connectivity index (χ1n) is 5.19. The van der Waals surface area contributed by atoms with Gasteiger partial charge in [0, 0.05) is 12.5 Å². The molecule has 0 amide bonds. The van der Waals surface area contributed by atoms with Gasteiger partial charge in [0.05, 0.1) is 5.56 Å². The summed E-state index contributed by atoms with van der Waals surface area (Å²) in [5, 5.41) is 0. The molecule has 1 atom stereocenters. The van der Waals surface area contributed by atoms with Gasteiger partial charge in [0.1, 0.15) is 5.82 Å². The fourth-order valence-corrected chi connectivity index (χ4v) is 1.48. The standard InChI is InChI=1S/C11H10F7N/c12-8-2-1-6(5-7(8)11(16,17)18)9(19)3-4-10(13,14)15/h1-2,5,9H,3-4,19H2. The Bertz CT molecular complexity index is 436. The molecule has 0 aliphatic carbocycles. The number of halogens is 7. The molecule has 0 aliphatic heterocycles. The van der Waals surface area contributed by atoms with Crippen molar-refractivity contribution in [2.75, 3.05) is 0 Å². The van der Waals surface area contributed by atoms with Crippen LogP contribution in [0.2, 0.25) is 0 Å². The van der Waals surface area contributed by atoms with Crippen molar-refractivity contribution < 1.29 is 30.7 Å². The molecule has 1 aromatic carbocycles. The summed E-state index contributed by atoms with van der Waals surface area (Å²) >= 11 is 0. The molecule has 1 rings (SSSR count). The molecular formula is C11H10F7N. The van der Waals surface area contributed by atoms with E-state index in [1.54, 1.807) is 0 Å². The summed E-state index contributed by atoms with van der Waals surface area (Å²) in [7, 11) is 0. The summed E-state index contributed by atoms with van der Waals surface area (Å²) in [6.07, 6.45) is -11.1. The van der Waals surface area contributed by atoms with Crippen LogP contribution in [0.15, 0.2) is 18.2 Å². The molecule has 108 valence electrons. The van der Waals surface area contributed by atoms with E-state index < -0.39 is 42.6 Å². The summed E-state index contributed by atoms with van der Waals surface area (Å²) in [6, 6.07) is 0.705. The van der Waals surface area contributed by atoms with E-state index in [0.29, 0.717) is 12.1 Å². The maximum absolute atomic E-state index is 13.0. The van der Waals surface area contributed by atoms with Crippen molar-refractivity contribution in [1.82, 2.24) is 0 Å². The maximum Gasteiger partial charge on any atom is 0.419 e. The van der Waals surface area contributed by atoms with E-state index in [-0.39, 0.29) is 5.56 Å². The van der Waals surface area contributed by atoms with Gasteiger partial charge in [-0.05, 0) is 24.1 Å². The second-order valence-corrected chi connectivity index (χ2v) is 4.00. The summed E-state index contributed by atoms with van der Waals surface area (Å²) in [6.45, 7) is 0. The van der Waals surface area contributed by atoms with Crippen LogP contribution in [0.5, 0.6) is 0 Å². The quantitative estimate of drug-likeness (QED) is 0.830. The summed E-state index contributed by atoms with van der Waals surface area (Å²) in [5.41, 5.74) is 3.66. The van der Waals surface area contributed by atoms with Gasteiger partial charge in [0.25, 0.3) is 0 Å². The third-order valence-corrected chi connectivity index (χ3v) is 2.46. The molecule has 0 aliphatic rings. The fourth-order valence-electron chi connectivity index (χ4n) is 1.48. The third kappa shape index (κ3) is 4.70. The number of rotatable bonds is 3. The molecule has 1 unspecified atom stereocenters. The van der Waals surface area contributed by atoms with Crippen molar-refractivity contribution in [3.05, 3.63) is 35.1 Å². The molecule has 8 heteroatoms. The Balaban J connectivity index is 2.90. The van der Waals surface area contributed by atoms with Gasteiger partial charge in [-0.25, -0.2) is 4.39 Å². The zero-order valence-electron chi connectivity index (χ0n) is 9.45. The highest BCUT2D eigenvalue weighted by atomic mass is 19.4. The van der Waals surface area contributed by atoms with Crippen LogP contribution in [0.3, 0.4) is 0 Å². The minimum absolute atomic E-state index is 0.182. The van der Waals surface area contributed by atoms with Crippen molar-refractivity contribution >= 4 is 0 Å². The Morgan fingerprint density at radius 2 is 1.63 bits per heavy atom. The second kappa shape index (κ2) is 5.36. The fraction of sp³-hybridized carbons (Fsp3) is 0.455. The van der Waals surface area contributed by atoms with E-state index >= 15 is 0 Å². The van der Waals surface area contributed by atoms with Gasteiger partial charge in [0.15, 0.2) is 0 Å². The van der Waals surface area contributed by atoms with Crippen LogP contribution >= 0.6 is 0 Å². The monoisotopic (exact) mass is 289 g/mol. The topological polar surface area (TPSA) is 26.0 Å². The molecule has 2 N–H and O–H groups in total. The maximum atomic E-state index is 13.0. The molecule has 0 bridgehead atoms. The van der Waals surface area contributed by atoms with Crippen molar-refractivity contribution in [2.45, 2.75) is 31.2 Å². The van der Waals surface area contributed by atoms with Crippen LogP contribution in [-0.2, 0) is 6.18 Å². The second-order valence-electron chi connectivity index (χ2n) is 4.00. The highest BCUT2D eigenvalue weighted by Gasteiger charge is 2.35.